The first-order valence-electron chi connectivity index (χ1n) is 9.68. The molecule has 0 aromatic heterocycles. The summed E-state index contributed by atoms with van der Waals surface area (Å²) in [6, 6.07) is 11.1. The number of benzene rings is 1. The average Bonchev–Trinajstić information content (AvgIpc) is 2.63. The first-order chi connectivity index (χ1) is 11.9. The van der Waals surface area contributed by atoms with Crippen molar-refractivity contribution in [1.82, 2.24) is 15.5 Å². The molecule has 4 nitrogen and oxygen atoms in total. The molecule has 0 aliphatic carbocycles. The van der Waals surface area contributed by atoms with Crippen LogP contribution in [0.5, 0.6) is 0 Å². The Morgan fingerprint density at radius 1 is 1.15 bits per heavy atom. The molecule has 1 unspecified atom stereocenters. The van der Waals surface area contributed by atoms with E-state index < -0.39 is 0 Å². The smallest absolute Gasteiger partial charge is 0.191 e. The van der Waals surface area contributed by atoms with Gasteiger partial charge < -0.3 is 15.5 Å². The molecule has 0 bridgehead atoms. The Labute approximate surface area is 178 Å². The minimum Gasteiger partial charge on any atom is -0.356 e. The molecular weight excluding hydrogens is 435 g/mol. The highest BCUT2D eigenvalue weighted by atomic mass is 127. The topological polar surface area (TPSA) is 39.7 Å². The largest absolute Gasteiger partial charge is 0.356 e. The zero-order chi connectivity index (χ0) is 18.7. The predicted octanol–water partition coefficient (Wildman–Crippen LogP) is 4.26. The molecule has 0 spiro atoms. The quantitative estimate of drug-likeness (QED) is 0.303. The second-order valence-electron chi connectivity index (χ2n) is 7.39. The molecule has 0 fully saturated rings. The van der Waals surface area contributed by atoms with Crippen LogP contribution < -0.4 is 10.6 Å². The van der Waals surface area contributed by atoms with Crippen molar-refractivity contribution in [2.75, 3.05) is 33.2 Å². The molecule has 5 heteroatoms. The van der Waals surface area contributed by atoms with Crippen LogP contribution in [0.4, 0.5) is 0 Å². The van der Waals surface area contributed by atoms with Gasteiger partial charge in [-0.2, -0.15) is 0 Å². The Hall–Kier alpha value is -0.820. The van der Waals surface area contributed by atoms with Crippen LogP contribution >= 0.6 is 24.0 Å². The van der Waals surface area contributed by atoms with Gasteiger partial charge in [0.2, 0.25) is 0 Å². The summed E-state index contributed by atoms with van der Waals surface area (Å²) in [4.78, 5) is 6.86. The van der Waals surface area contributed by atoms with Crippen LogP contribution in [0.1, 0.15) is 53.0 Å². The van der Waals surface area contributed by atoms with E-state index in [1.807, 2.05) is 7.05 Å². The molecular formula is C21H39IN4. The molecule has 0 aliphatic rings. The van der Waals surface area contributed by atoms with E-state index >= 15 is 0 Å². The van der Waals surface area contributed by atoms with Crippen LogP contribution in [-0.2, 0) is 5.41 Å². The highest BCUT2D eigenvalue weighted by molar-refractivity contribution is 14.0. The summed E-state index contributed by atoms with van der Waals surface area (Å²) < 4.78 is 0. The molecule has 0 saturated heterocycles. The van der Waals surface area contributed by atoms with Crippen LogP contribution in [0.15, 0.2) is 35.3 Å². The van der Waals surface area contributed by atoms with Gasteiger partial charge in [0.15, 0.2) is 5.96 Å². The van der Waals surface area contributed by atoms with Crippen molar-refractivity contribution in [2.45, 2.75) is 58.9 Å². The predicted molar refractivity (Wildman–Crippen MR) is 126 cm³/mol. The van der Waals surface area contributed by atoms with E-state index in [1.165, 1.54) is 18.5 Å². The highest BCUT2D eigenvalue weighted by Crippen LogP contribution is 2.21. The third-order valence-electron chi connectivity index (χ3n) is 4.87. The molecule has 0 heterocycles. The van der Waals surface area contributed by atoms with Crippen LogP contribution in [0, 0.1) is 0 Å². The van der Waals surface area contributed by atoms with Crippen molar-refractivity contribution < 1.29 is 0 Å². The summed E-state index contributed by atoms with van der Waals surface area (Å²) in [5.41, 5.74) is 1.40. The lowest BCUT2D eigenvalue weighted by atomic mass is 9.85. The Morgan fingerprint density at radius 3 is 2.31 bits per heavy atom. The van der Waals surface area contributed by atoms with Gasteiger partial charge in [-0.1, -0.05) is 58.0 Å². The Kier molecular flexibility index (Phi) is 12.9. The van der Waals surface area contributed by atoms with Gasteiger partial charge in [0.1, 0.15) is 0 Å². The maximum absolute atomic E-state index is 4.38. The third kappa shape index (κ3) is 9.21. The van der Waals surface area contributed by atoms with Gasteiger partial charge in [0.25, 0.3) is 0 Å². The van der Waals surface area contributed by atoms with E-state index in [2.05, 4.69) is 85.5 Å². The van der Waals surface area contributed by atoms with Gasteiger partial charge in [0, 0.05) is 25.0 Å². The summed E-state index contributed by atoms with van der Waals surface area (Å²) in [7, 11) is 1.84. The number of rotatable bonds is 10. The molecule has 0 aliphatic heterocycles. The van der Waals surface area contributed by atoms with Crippen molar-refractivity contribution >= 4 is 29.9 Å². The number of guanidine groups is 1. The average molecular weight is 474 g/mol. The second kappa shape index (κ2) is 13.4. The minimum absolute atomic E-state index is 0. The van der Waals surface area contributed by atoms with Crippen molar-refractivity contribution in [3.8, 4) is 0 Å². The monoisotopic (exact) mass is 474 g/mol. The van der Waals surface area contributed by atoms with Gasteiger partial charge in [-0.25, -0.2) is 0 Å². The molecule has 26 heavy (non-hydrogen) atoms. The van der Waals surface area contributed by atoms with E-state index in [4.69, 9.17) is 0 Å². The standard InChI is InChI=1S/C21H38N4.HI/c1-7-25(8-2)16-12-13-18(3)24-20(22-6)23-17-21(4,5)19-14-10-9-11-15-19;/h9-11,14-15,18H,7-8,12-13,16-17H2,1-6H3,(H2,22,23,24);1H. The van der Waals surface area contributed by atoms with E-state index in [9.17, 15) is 0 Å². The lowest BCUT2D eigenvalue weighted by Crippen LogP contribution is -2.46. The first-order valence-corrected chi connectivity index (χ1v) is 9.68. The summed E-state index contributed by atoms with van der Waals surface area (Å²) in [6.45, 7) is 15.5. The van der Waals surface area contributed by atoms with Crippen LogP contribution in [0.25, 0.3) is 0 Å². The first kappa shape index (κ1) is 25.2. The molecule has 0 saturated carbocycles. The maximum Gasteiger partial charge on any atom is 0.191 e. The van der Waals surface area contributed by atoms with Gasteiger partial charge in [-0.3, -0.25) is 4.99 Å². The number of aliphatic imine (C=N–C) groups is 1. The van der Waals surface area contributed by atoms with Crippen LogP contribution in [0.3, 0.4) is 0 Å². The zero-order valence-electron chi connectivity index (χ0n) is 17.5. The molecule has 1 rings (SSSR count). The number of halogens is 1. The number of nitrogens with zero attached hydrogens (tertiary/aromatic N) is 2. The summed E-state index contributed by atoms with van der Waals surface area (Å²) in [5.74, 6) is 0.888. The molecule has 0 amide bonds. The van der Waals surface area contributed by atoms with Gasteiger partial charge in [-0.15, -0.1) is 24.0 Å². The zero-order valence-corrected chi connectivity index (χ0v) is 19.8. The van der Waals surface area contributed by atoms with Crippen LogP contribution in [0.2, 0.25) is 0 Å². The molecule has 0 radical (unpaired) electrons. The normalized spacial score (nSPS) is 13.3. The third-order valence-corrected chi connectivity index (χ3v) is 4.87. The SMILES string of the molecule is CCN(CC)CCCC(C)NC(=NC)NCC(C)(C)c1ccccc1.I. The lowest BCUT2D eigenvalue weighted by molar-refractivity contribution is 0.292. The van der Waals surface area contributed by atoms with Crippen molar-refractivity contribution in [1.29, 1.82) is 0 Å². The molecule has 1 aromatic rings. The molecule has 2 N–H and O–H groups in total. The van der Waals surface area contributed by atoms with E-state index in [-0.39, 0.29) is 29.4 Å². The van der Waals surface area contributed by atoms with Crippen molar-refractivity contribution in [2.24, 2.45) is 4.99 Å². The lowest BCUT2D eigenvalue weighted by Gasteiger charge is -2.27. The number of nitrogens with one attached hydrogen (secondary N) is 2. The second-order valence-corrected chi connectivity index (χ2v) is 7.39. The highest BCUT2D eigenvalue weighted by Gasteiger charge is 2.20. The molecule has 150 valence electrons. The van der Waals surface area contributed by atoms with Crippen LogP contribution in [-0.4, -0.2) is 50.1 Å². The minimum atomic E-state index is 0. The summed E-state index contributed by atoms with van der Waals surface area (Å²) in [6.07, 6.45) is 2.36. The van der Waals surface area contributed by atoms with E-state index in [0.717, 1.165) is 32.0 Å². The van der Waals surface area contributed by atoms with Gasteiger partial charge in [-0.05, 0) is 45.0 Å². The number of hydrogen-bond donors (Lipinski definition) is 2. The van der Waals surface area contributed by atoms with E-state index in [1.54, 1.807) is 0 Å². The van der Waals surface area contributed by atoms with Gasteiger partial charge >= 0.3 is 0 Å². The molecule has 1 aromatic carbocycles. The van der Waals surface area contributed by atoms with Crippen molar-refractivity contribution in [3.63, 3.8) is 0 Å². The fraction of sp³-hybridized carbons (Fsp3) is 0.667. The fourth-order valence-electron chi connectivity index (χ4n) is 2.96. The number of hydrogen-bond acceptors (Lipinski definition) is 2. The van der Waals surface area contributed by atoms with E-state index in [0.29, 0.717) is 6.04 Å². The van der Waals surface area contributed by atoms with Crippen molar-refractivity contribution in [3.05, 3.63) is 35.9 Å². The maximum atomic E-state index is 4.38. The van der Waals surface area contributed by atoms with Gasteiger partial charge in [0.05, 0.1) is 0 Å². The summed E-state index contributed by atoms with van der Waals surface area (Å²) in [5, 5.41) is 7.01. The molecule has 1 atom stereocenters. The fourth-order valence-corrected chi connectivity index (χ4v) is 2.96. The Bertz CT molecular complexity index is 498. The Balaban J connectivity index is 0.00000625. The Morgan fingerprint density at radius 2 is 1.77 bits per heavy atom. The summed E-state index contributed by atoms with van der Waals surface area (Å²) >= 11 is 0.